The highest BCUT2D eigenvalue weighted by Crippen LogP contribution is 2.56. The molecule has 2 aliphatic heterocycles. The number of benzene rings is 1. The second-order valence-electron chi connectivity index (χ2n) is 6.89. The van der Waals surface area contributed by atoms with Gasteiger partial charge in [-0.3, -0.25) is 0 Å². The Hall–Kier alpha value is -0.730. The van der Waals surface area contributed by atoms with E-state index >= 15 is 0 Å². The summed E-state index contributed by atoms with van der Waals surface area (Å²) in [6, 6.07) is 9.09. The van der Waals surface area contributed by atoms with Gasteiger partial charge in [-0.15, -0.1) is 12.4 Å². The van der Waals surface area contributed by atoms with Crippen molar-refractivity contribution in [3.8, 4) is 0 Å². The first-order chi connectivity index (χ1) is 8.71. The van der Waals surface area contributed by atoms with Crippen molar-refractivity contribution < 1.29 is 0 Å². The molecule has 1 N–H and O–H groups in total. The Kier molecular flexibility index (Phi) is 3.06. The summed E-state index contributed by atoms with van der Waals surface area (Å²) >= 11 is 0. The number of fused-ring (bicyclic) bond motifs is 2. The summed E-state index contributed by atoms with van der Waals surface area (Å²) in [5, 5.41) is 3.52. The molecule has 4 rings (SSSR count). The Morgan fingerprint density at radius 2 is 2.00 bits per heavy atom. The van der Waals surface area contributed by atoms with Gasteiger partial charge in [0.25, 0.3) is 0 Å². The van der Waals surface area contributed by atoms with Crippen LogP contribution in [0.4, 0.5) is 5.69 Å². The maximum Gasteiger partial charge on any atom is 0.0405 e. The highest BCUT2D eigenvalue weighted by atomic mass is 35.5. The highest BCUT2D eigenvalue weighted by molar-refractivity contribution is 5.85. The number of rotatable bonds is 2. The second-order valence-corrected chi connectivity index (χ2v) is 6.89. The Labute approximate surface area is 122 Å². The third kappa shape index (κ3) is 2.05. The van der Waals surface area contributed by atoms with Gasteiger partial charge in [0.1, 0.15) is 0 Å². The van der Waals surface area contributed by atoms with Gasteiger partial charge in [-0.25, -0.2) is 0 Å². The zero-order valence-corrected chi connectivity index (χ0v) is 12.4. The zero-order chi connectivity index (χ0) is 12.2. The van der Waals surface area contributed by atoms with Crippen molar-refractivity contribution >= 4 is 18.1 Å². The average molecular weight is 279 g/mol. The fraction of sp³-hybridized carbons (Fsp3) is 0.625. The van der Waals surface area contributed by atoms with Gasteiger partial charge in [-0.1, -0.05) is 25.1 Å². The molecule has 1 atom stereocenters. The predicted octanol–water partition coefficient (Wildman–Crippen LogP) is 2.96. The van der Waals surface area contributed by atoms with E-state index in [0.717, 1.165) is 0 Å². The van der Waals surface area contributed by atoms with E-state index in [1.807, 2.05) is 0 Å². The van der Waals surface area contributed by atoms with E-state index in [2.05, 4.69) is 41.4 Å². The number of nitrogens with zero attached hydrogens (tertiary/aromatic N) is 1. The van der Waals surface area contributed by atoms with E-state index in [4.69, 9.17) is 0 Å². The second kappa shape index (κ2) is 4.39. The van der Waals surface area contributed by atoms with Gasteiger partial charge < -0.3 is 10.2 Å². The lowest BCUT2D eigenvalue weighted by molar-refractivity contribution is 0.364. The molecule has 104 valence electrons. The van der Waals surface area contributed by atoms with Crippen LogP contribution in [-0.4, -0.2) is 26.2 Å². The molecular weight excluding hydrogens is 256 g/mol. The molecule has 2 heterocycles. The Balaban J connectivity index is 0.00000110. The van der Waals surface area contributed by atoms with Gasteiger partial charge in [-0.05, 0) is 42.9 Å². The monoisotopic (exact) mass is 278 g/mol. The van der Waals surface area contributed by atoms with Crippen molar-refractivity contribution in [2.75, 3.05) is 31.1 Å². The van der Waals surface area contributed by atoms with Crippen molar-refractivity contribution in [3.05, 3.63) is 29.8 Å². The third-order valence-electron chi connectivity index (χ3n) is 5.19. The van der Waals surface area contributed by atoms with Crippen LogP contribution in [0.2, 0.25) is 0 Å². The molecule has 3 heteroatoms. The Bertz CT molecular complexity index is 475. The van der Waals surface area contributed by atoms with Crippen molar-refractivity contribution in [3.63, 3.8) is 0 Å². The standard InChI is InChI=1S/C16H22N2.ClH/c1-15(8-9-17-10-15)11-18-12-16(6-7-16)13-4-2-3-5-14(13)18;/h2-5,17H,6-12H2,1H3;1H. The summed E-state index contributed by atoms with van der Waals surface area (Å²) in [6.07, 6.45) is 4.11. The van der Waals surface area contributed by atoms with Gasteiger partial charge in [-0.2, -0.15) is 0 Å². The van der Waals surface area contributed by atoms with Crippen LogP contribution in [0.25, 0.3) is 0 Å². The lowest BCUT2D eigenvalue weighted by atomic mass is 9.89. The first kappa shape index (κ1) is 13.3. The molecule has 1 saturated heterocycles. The fourth-order valence-corrected chi connectivity index (χ4v) is 3.92. The SMILES string of the molecule is CC1(CN2CC3(CC3)c3ccccc32)CCNC1.Cl. The van der Waals surface area contributed by atoms with E-state index < -0.39 is 0 Å². The number of anilines is 1. The van der Waals surface area contributed by atoms with Crippen LogP contribution in [0, 0.1) is 5.41 Å². The quantitative estimate of drug-likeness (QED) is 0.895. The van der Waals surface area contributed by atoms with Gasteiger partial charge in [0, 0.05) is 30.7 Å². The topological polar surface area (TPSA) is 15.3 Å². The number of para-hydroxylation sites is 1. The van der Waals surface area contributed by atoms with Crippen LogP contribution in [-0.2, 0) is 5.41 Å². The van der Waals surface area contributed by atoms with E-state index in [0.29, 0.717) is 10.8 Å². The molecule has 0 amide bonds. The fourth-order valence-electron chi connectivity index (χ4n) is 3.92. The van der Waals surface area contributed by atoms with Crippen LogP contribution in [0.1, 0.15) is 31.7 Å². The number of hydrogen-bond donors (Lipinski definition) is 1. The predicted molar refractivity (Wildman–Crippen MR) is 82.4 cm³/mol. The van der Waals surface area contributed by atoms with Gasteiger partial charge in [0.15, 0.2) is 0 Å². The molecule has 1 aromatic rings. The van der Waals surface area contributed by atoms with Crippen LogP contribution in [0.5, 0.6) is 0 Å². The summed E-state index contributed by atoms with van der Waals surface area (Å²) in [7, 11) is 0. The minimum Gasteiger partial charge on any atom is -0.370 e. The largest absolute Gasteiger partial charge is 0.370 e. The van der Waals surface area contributed by atoms with Crippen LogP contribution < -0.4 is 10.2 Å². The van der Waals surface area contributed by atoms with Gasteiger partial charge in [0.2, 0.25) is 0 Å². The molecule has 3 aliphatic rings. The lowest BCUT2D eigenvalue weighted by Gasteiger charge is -2.31. The molecule has 0 radical (unpaired) electrons. The molecule has 1 aromatic carbocycles. The van der Waals surface area contributed by atoms with Gasteiger partial charge >= 0.3 is 0 Å². The first-order valence-corrected chi connectivity index (χ1v) is 7.26. The lowest BCUT2D eigenvalue weighted by Crippen LogP contribution is -2.37. The molecule has 1 spiro atoms. The number of halogens is 1. The highest BCUT2D eigenvalue weighted by Gasteiger charge is 2.52. The number of hydrogen-bond acceptors (Lipinski definition) is 2. The normalized spacial score (nSPS) is 30.3. The van der Waals surface area contributed by atoms with E-state index in [-0.39, 0.29) is 12.4 Å². The minimum atomic E-state index is 0. The Morgan fingerprint density at radius 3 is 2.68 bits per heavy atom. The molecule has 19 heavy (non-hydrogen) atoms. The first-order valence-electron chi connectivity index (χ1n) is 7.26. The molecule has 2 fully saturated rings. The zero-order valence-electron chi connectivity index (χ0n) is 11.6. The molecule has 1 unspecified atom stereocenters. The van der Waals surface area contributed by atoms with E-state index in [1.165, 1.54) is 51.1 Å². The van der Waals surface area contributed by atoms with E-state index in [9.17, 15) is 0 Å². The van der Waals surface area contributed by atoms with Crippen LogP contribution in [0.3, 0.4) is 0 Å². The number of nitrogens with one attached hydrogen (secondary N) is 1. The molecule has 0 bridgehead atoms. The van der Waals surface area contributed by atoms with Crippen molar-refractivity contribution in [1.29, 1.82) is 0 Å². The molecule has 2 nitrogen and oxygen atoms in total. The molecule has 1 saturated carbocycles. The minimum absolute atomic E-state index is 0. The summed E-state index contributed by atoms with van der Waals surface area (Å²) in [6.45, 7) is 7.30. The van der Waals surface area contributed by atoms with E-state index in [1.54, 1.807) is 5.56 Å². The molecule has 0 aromatic heterocycles. The van der Waals surface area contributed by atoms with Crippen molar-refractivity contribution in [2.45, 2.75) is 31.6 Å². The smallest absolute Gasteiger partial charge is 0.0405 e. The molecular formula is C16H23ClN2. The van der Waals surface area contributed by atoms with Crippen molar-refractivity contribution in [2.24, 2.45) is 5.41 Å². The van der Waals surface area contributed by atoms with Crippen LogP contribution >= 0.6 is 12.4 Å². The molecule has 1 aliphatic carbocycles. The van der Waals surface area contributed by atoms with Crippen LogP contribution in [0.15, 0.2) is 24.3 Å². The summed E-state index contributed by atoms with van der Waals surface area (Å²) in [4.78, 5) is 2.66. The van der Waals surface area contributed by atoms with Gasteiger partial charge in [0.05, 0.1) is 0 Å². The average Bonchev–Trinajstić information content (AvgIpc) is 2.93. The third-order valence-corrected chi connectivity index (χ3v) is 5.19. The Morgan fingerprint density at radius 1 is 1.21 bits per heavy atom. The van der Waals surface area contributed by atoms with Crippen molar-refractivity contribution in [1.82, 2.24) is 5.32 Å². The summed E-state index contributed by atoms with van der Waals surface area (Å²) in [5.74, 6) is 0. The maximum atomic E-state index is 3.52. The summed E-state index contributed by atoms with van der Waals surface area (Å²) in [5.41, 5.74) is 4.15. The maximum absolute atomic E-state index is 3.52. The summed E-state index contributed by atoms with van der Waals surface area (Å²) < 4.78 is 0.